The molecule has 1 aliphatic rings. The average Bonchev–Trinajstić information content (AvgIpc) is 2.96. The van der Waals surface area contributed by atoms with Gasteiger partial charge in [0.25, 0.3) is 0 Å². The second-order valence-electron chi connectivity index (χ2n) is 4.16. The van der Waals surface area contributed by atoms with Gasteiger partial charge in [-0.05, 0) is 0 Å². The lowest BCUT2D eigenvalue weighted by Gasteiger charge is -2.20. The maximum absolute atomic E-state index is 12.0. The van der Waals surface area contributed by atoms with Crippen LogP contribution < -0.4 is 0 Å². The normalized spacial score (nSPS) is 23.3. The van der Waals surface area contributed by atoms with Gasteiger partial charge in [0.15, 0.2) is 0 Å². The lowest BCUT2D eigenvalue weighted by molar-refractivity contribution is -0.148. The molecule has 98 valence electrons. The Kier molecular flexibility index (Phi) is 3.61. The van der Waals surface area contributed by atoms with Gasteiger partial charge < -0.3 is 19.3 Å². The number of hydrogen-bond donors (Lipinski definition) is 1. The Morgan fingerprint density at radius 2 is 2.44 bits per heavy atom. The fourth-order valence-corrected chi connectivity index (χ4v) is 2.06. The van der Waals surface area contributed by atoms with Crippen molar-refractivity contribution in [1.29, 1.82) is 0 Å². The van der Waals surface area contributed by atoms with E-state index in [9.17, 15) is 9.59 Å². The van der Waals surface area contributed by atoms with Crippen molar-refractivity contribution < 1.29 is 24.0 Å². The number of aromatic nitrogens is 1. The van der Waals surface area contributed by atoms with E-state index in [2.05, 4.69) is 9.68 Å². The topological polar surface area (TPSA) is 92.9 Å². The van der Waals surface area contributed by atoms with Gasteiger partial charge in [-0.1, -0.05) is 5.16 Å². The van der Waals surface area contributed by atoms with Gasteiger partial charge in [0.05, 0.1) is 18.2 Å². The van der Waals surface area contributed by atoms with Crippen molar-refractivity contribution in [2.45, 2.75) is 25.0 Å². The van der Waals surface area contributed by atoms with Crippen molar-refractivity contribution in [3.8, 4) is 0 Å². The van der Waals surface area contributed by atoms with Crippen LogP contribution in [0, 0.1) is 0 Å². The molecule has 0 radical (unpaired) electrons. The molecule has 1 aliphatic heterocycles. The quantitative estimate of drug-likeness (QED) is 0.807. The summed E-state index contributed by atoms with van der Waals surface area (Å²) in [6.07, 6.45) is 1.50. The number of carboxylic acids is 1. The summed E-state index contributed by atoms with van der Waals surface area (Å²) in [5, 5.41) is 12.7. The van der Waals surface area contributed by atoms with Crippen LogP contribution in [0.2, 0.25) is 0 Å². The Morgan fingerprint density at radius 1 is 1.67 bits per heavy atom. The molecule has 0 aromatic carbocycles. The van der Waals surface area contributed by atoms with Crippen LogP contribution in [0.5, 0.6) is 0 Å². The number of likely N-dealkylation sites (tertiary alicyclic amines) is 1. The second-order valence-corrected chi connectivity index (χ2v) is 4.16. The van der Waals surface area contributed by atoms with E-state index in [0.29, 0.717) is 18.7 Å². The number of rotatable bonds is 4. The number of methoxy groups -OCH3 is 1. The van der Waals surface area contributed by atoms with Crippen molar-refractivity contribution in [2.75, 3.05) is 13.7 Å². The van der Waals surface area contributed by atoms with Gasteiger partial charge in [-0.2, -0.15) is 0 Å². The molecule has 1 aromatic heterocycles. The van der Waals surface area contributed by atoms with Gasteiger partial charge in [0.2, 0.25) is 5.91 Å². The first kappa shape index (κ1) is 12.6. The monoisotopic (exact) mass is 254 g/mol. The molecular weight excluding hydrogens is 240 g/mol. The van der Waals surface area contributed by atoms with Crippen LogP contribution in [0.15, 0.2) is 16.9 Å². The summed E-state index contributed by atoms with van der Waals surface area (Å²) >= 11 is 0. The highest BCUT2D eigenvalue weighted by atomic mass is 16.5. The van der Waals surface area contributed by atoms with E-state index in [-0.39, 0.29) is 18.4 Å². The highest BCUT2D eigenvalue weighted by molar-refractivity contribution is 5.85. The van der Waals surface area contributed by atoms with Gasteiger partial charge >= 0.3 is 5.97 Å². The number of amides is 1. The second kappa shape index (κ2) is 5.18. The zero-order valence-electron chi connectivity index (χ0n) is 9.91. The largest absolute Gasteiger partial charge is 0.480 e. The first-order chi connectivity index (χ1) is 8.61. The van der Waals surface area contributed by atoms with Crippen LogP contribution in [0.4, 0.5) is 0 Å². The zero-order valence-corrected chi connectivity index (χ0v) is 9.91. The lowest BCUT2D eigenvalue weighted by Crippen LogP contribution is -2.41. The summed E-state index contributed by atoms with van der Waals surface area (Å²) in [6, 6.07) is 0.756. The molecule has 1 fully saturated rings. The van der Waals surface area contributed by atoms with Crippen LogP contribution in [0.1, 0.15) is 12.1 Å². The van der Waals surface area contributed by atoms with Gasteiger partial charge in [-0.3, -0.25) is 4.79 Å². The molecule has 2 atom stereocenters. The fourth-order valence-electron chi connectivity index (χ4n) is 2.06. The number of carbonyl (C=O) groups is 2. The molecule has 2 unspecified atom stereocenters. The van der Waals surface area contributed by atoms with E-state index in [4.69, 9.17) is 9.84 Å². The molecule has 0 aliphatic carbocycles. The summed E-state index contributed by atoms with van der Waals surface area (Å²) in [5.41, 5.74) is 0.491. The van der Waals surface area contributed by atoms with Crippen molar-refractivity contribution in [1.82, 2.24) is 10.1 Å². The molecule has 7 heteroatoms. The van der Waals surface area contributed by atoms with Crippen molar-refractivity contribution in [2.24, 2.45) is 0 Å². The van der Waals surface area contributed by atoms with Crippen LogP contribution in [-0.4, -0.2) is 52.8 Å². The molecule has 0 saturated carbocycles. The van der Waals surface area contributed by atoms with E-state index in [1.807, 2.05) is 0 Å². The van der Waals surface area contributed by atoms with Crippen molar-refractivity contribution in [3.05, 3.63) is 18.0 Å². The number of ether oxygens (including phenoxy) is 1. The molecule has 2 heterocycles. The molecule has 0 bridgehead atoms. The van der Waals surface area contributed by atoms with Crippen molar-refractivity contribution >= 4 is 11.9 Å². The van der Waals surface area contributed by atoms with Gasteiger partial charge in [-0.15, -0.1) is 0 Å². The third-order valence-electron chi connectivity index (χ3n) is 3.03. The minimum atomic E-state index is -1.01. The number of nitrogens with zero attached hydrogens (tertiary/aromatic N) is 2. The molecule has 1 N–H and O–H groups in total. The SMILES string of the molecule is COC1CC(C(=O)O)N(C(=O)Cc2ccon2)C1. The molecule has 1 amide bonds. The maximum Gasteiger partial charge on any atom is 0.326 e. The van der Waals surface area contributed by atoms with Gasteiger partial charge in [0, 0.05) is 26.1 Å². The van der Waals surface area contributed by atoms with Gasteiger partial charge in [0.1, 0.15) is 12.3 Å². The smallest absolute Gasteiger partial charge is 0.326 e. The average molecular weight is 254 g/mol. The number of hydrogen-bond acceptors (Lipinski definition) is 5. The van der Waals surface area contributed by atoms with Crippen LogP contribution in [0.25, 0.3) is 0 Å². The van der Waals surface area contributed by atoms with E-state index in [1.54, 1.807) is 6.07 Å². The van der Waals surface area contributed by atoms with Gasteiger partial charge in [-0.25, -0.2) is 4.79 Å². The van der Waals surface area contributed by atoms with Crippen LogP contribution in [0.3, 0.4) is 0 Å². The van der Waals surface area contributed by atoms with E-state index in [1.165, 1.54) is 18.3 Å². The fraction of sp³-hybridized carbons (Fsp3) is 0.545. The zero-order chi connectivity index (χ0) is 13.1. The molecule has 2 rings (SSSR count). The Balaban J connectivity index is 2.05. The predicted octanol–water partition coefficient (Wildman–Crippen LogP) is -0.0824. The maximum atomic E-state index is 12.0. The molecule has 1 aromatic rings. The summed E-state index contributed by atoms with van der Waals surface area (Å²) in [7, 11) is 1.51. The number of carboxylic acid groups (broad SMARTS) is 1. The van der Waals surface area contributed by atoms with E-state index >= 15 is 0 Å². The summed E-state index contributed by atoms with van der Waals surface area (Å²) in [4.78, 5) is 24.4. The summed E-state index contributed by atoms with van der Waals surface area (Å²) in [5.74, 6) is -1.29. The third-order valence-corrected chi connectivity index (χ3v) is 3.03. The standard InChI is InChI=1S/C11H14N2O5/c1-17-8-5-9(11(15)16)13(6-8)10(14)4-7-2-3-18-12-7/h2-3,8-9H,4-6H2,1H3,(H,15,16). The summed E-state index contributed by atoms with van der Waals surface area (Å²) in [6.45, 7) is 0.296. The van der Waals surface area contributed by atoms with E-state index < -0.39 is 12.0 Å². The molecule has 0 spiro atoms. The highest BCUT2D eigenvalue weighted by Crippen LogP contribution is 2.21. The van der Waals surface area contributed by atoms with E-state index in [0.717, 1.165) is 0 Å². The third kappa shape index (κ3) is 2.51. The Bertz CT molecular complexity index is 431. The first-order valence-electron chi connectivity index (χ1n) is 5.56. The first-order valence-corrected chi connectivity index (χ1v) is 5.56. The number of aliphatic carboxylic acids is 1. The lowest BCUT2D eigenvalue weighted by atomic mass is 10.2. The minimum absolute atomic E-state index is 0.0384. The predicted molar refractivity (Wildman–Crippen MR) is 58.8 cm³/mol. The molecule has 1 saturated heterocycles. The van der Waals surface area contributed by atoms with Crippen molar-refractivity contribution in [3.63, 3.8) is 0 Å². The molecular formula is C11H14N2O5. The van der Waals surface area contributed by atoms with Crippen LogP contribution >= 0.6 is 0 Å². The summed E-state index contributed by atoms with van der Waals surface area (Å²) < 4.78 is 9.75. The number of carbonyl (C=O) groups excluding carboxylic acids is 1. The Hall–Kier alpha value is -1.89. The molecule has 18 heavy (non-hydrogen) atoms. The minimum Gasteiger partial charge on any atom is -0.480 e. The highest BCUT2D eigenvalue weighted by Gasteiger charge is 2.39. The molecule has 7 nitrogen and oxygen atoms in total. The Labute approximate surface area is 103 Å². The van der Waals surface area contributed by atoms with Crippen LogP contribution in [-0.2, 0) is 20.7 Å². The Morgan fingerprint density at radius 3 is 3.00 bits per heavy atom.